The Bertz CT molecular complexity index is 498. The Morgan fingerprint density at radius 3 is 3.00 bits per heavy atom. The first-order valence-electron chi connectivity index (χ1n) is 5.40. The Labute approximate surface area is 95.9 Å². The van der Waals surface area contributed by atoms with E-state index in [1.165, 1.54) is 0 Å². The predicted octanol–water partition coefficient (Wildman–Crippen LogP) is 1.03. The van der Waals surface area contributed by atoms with Crippen LogP contribution < -0.4 is 5.32 Å². The van der Waals surface area contributed by atoms with Crippen LogP contribution in [0.25, 0.3) is 11.0 Å². The molecule has 3 rings (SSSR count). The maximum atomic E-state index is 12.2. The number of fused-ring (bicyclic) bond motifs is 1. The van der Waals surface area contributed by atoms with Crippen LogP contribution in [0.1, 0.15) is 6.42 Å². The van der Waals surface area contributed by atoms with Gasteiger partial charge in [0, 0.05) is 6.54 Å². The highest BCUT2D eigenvalue weighted by atomic mass is 32.2. The Kier molecular flexibility index (Phi) is 2.49. The summed E-state index contributed by atoms with van der Waals surface area (Å²) in [6.45, 7) is 1.78. The number of nitrogens with one attached hydrogen (secondary N) is 2. The average Bonchev–Trinajstić information content (AvgIpc) is 2.97. The second-order valence-corrected chi connectivity index (χ2v) is 5.62. The zero-order valence-electron chi connectivity index (χ0n) is 8.77. The van der Waals surface area contributed by atoms with E-state index < -0.39 is 10.8 Å². The minimum atomic E-state index is -1.02. The molecule has 1 aliphatic heterocycles. The molecule has 0 saturated carbocycles. The molecule has 1 aliphatic rings. The lowest BCUT2D eigenvalue weighted by molar-refractivity contribution is 0.666. The smallest absolute Gasteiger partial charge is 0.197 e. The van der Waals surface area contributed by atoms with E-state index in [1.807, 2.05) is 24.3 Å². The van der Waals surface area contributed by atoms with Gasteiger partial charge in [0.25, 0.3) is 0 Å². The van der Waals surface area contributed by atoms with Crippen LogP contribution in [0, 0.1) is 0 Å². The number of hydrogen-bond acceptors (Lipinski definition) is 3. The van der Waals surface area contributed by atoms with Gasteiger partial charge in [0.05, 0.1) is 27.1 Å². The van der Waals surface area contributed by atoms with Crippen molar-refractivity contribution in [2.45, 2.75) is 16.8 Å². The Morgan fingerprint density at radius 2 is 2.25 bits per heavy atom. The van der Waals surface area contributed by atoms with Crippen LogP contribution in [0.5, 0.6) is 0 Å². The fourth-order valence-corrected chi connectivity index (χ4v) is 3.31. The quantitative estimate of drug-likeness (QED) is 0.817. The molecular weight excluding hydrogens is 222 g/mol. The van der Waals surface area contributed by atoms with Gasteiger partial charge in [-0.25, -0.2) is 4.98 Å². The van der Waals surface area contributed by atoms with Gasteiger partial charge < -0.3 is 10.3 Å². The number of aromatic amines is 1. The van der Waals surface area contributed by atoms with Crippen LogP contribution in [0.3, 0.4) is 0 Å². The van der Waals surface area contributed by atoms with Crippen LogP contribution in [0.4, 0.5) is 0 Å². The number of imidazole rings is 1. The van der Waals surface area contributed by atoms with E-state index >= 15 is 0 Å². The standard InChI is InChI=1S/C11H13N3OS/c15-16(8-5-6-12-7-8)11-13-9-3-1-2-4-10(9)14-11/h1-4,8,12H,5-7H2,(H,13,14)/t8-,16-/m1/s1. The summed E-state index contributed by atoms with van der Waals surface area (Å²) < 4.78 is 12.2. The maximum absolute atomic E-state index is 12.2. The molecule has 16 heavy (non-hydrogen) atoms. The Balaban J connectivity index is 1.96. The maximum Gasteiger partial charge on any atom is 0.197 e. The van der Waals surface area contributed by atoms with Gasteiger partial charge in [-0.1, -0.05) is 12.1 Å². The molecule has 2 aromatic rings. The summed E-state index contributed by atoms with van der Waals surface area (Å²) in [6, 6.07) is 7.77. The lowest BCUT2D eigenvalue weighted by atomic mass is 10.3. The fraction of sp³-hybridized carbons (Fsp3) is 0.364. The molecule has 0 aliphatic carbocycles. The molecule has 0 spiro atoms. The van der Waals surface area contributed by atoms with Gasteiger partial charge in [0.1, 0.15) is 0 Å². The van der Waals surface area contributed by atoms with Crippen LogP contribution in [-0.4, -0.2) is 32.5 Å². The van der Waals surface area contributed by atoms with E-state index in [9.17, 15) is 4.21 Å². The average molecular weight is 235 g/mol. The van der Waals surface area contributed by atoms with Crippen LogP contribution in [0.2, 0.25) is 0 Å². The van der Waals surface area contributed by atoms with Gasteiger partial charge in [0.15, 0.2) is 5.16 Å². The van der Waals surface area contributed by atoms with E-state index in [0.717, 1.165) is 30.5 Å². The highest BCUT2D eigenvalue weighted by Crippen LogP contribution is 2.17. The van der Waals surface area contributed by atoms with Crippen molar-refractivity contribution in [1.29, 1.82) is 0 Å². The van der Waals surface area contributed by atoms with Gasteiger partial charge in [-0.05, 0) is 25.1 Å². The number of aromatic nitrogens is 2. The summed E-state index contributed by atoms with van der Waals surface area (Å²) >= 11 is 0. The van der Waals surface area contributed by atoms with Crippen molar-refractivity contribution in [3.8, 4) is 0 Å². The zero-order valence-corrected chi connectivity index (χ0v) is 9.59. The second kappa shape index (κ2) is 3.99. The first kappa shape index (κ1) is 9.99. The molecule has 1 aromatic heterocycles. The first-order valence-corrected chi connectivity index (χ1v) is 6.62. The molecule has 0 unspecified atom stereocenters. The summed E-state index contributed by atoms with van der Waals surface area (Å²) in [6.07, 6.45) is 0.962. The molecule has 2 N–H and O–H groups in total. The van der Waals surface area contributed by atoms with Crippen molar-refractivity contribution in [3.63, 3.8) is 0 Å². The molecule has 5 heteroatoms. The molecule has 2 heterocycles. The SMILES string of the molecule is O=[S@@](c1nc2ccccc2[nH]1)[C@@H]1CCNC1. The highest BCUT2D eigenvalue weighted by molar-refractivity contribution is 7.85. The minimum Gasteiger partial charge on any atom is -0.331 e. The molecule has 1 saturated heterocycles. The summed E-state index contributed by atoms with van der Waals surface area (Å²) in [5, 5.41) is 4.02. The zero-order chi connectivity index (χ0) is 11.0. The van der Waals surface area contributed by atoms with Crippen molar-refractivity contribution in [2.24, 2.45) is 0 Å². The van der Waals surface area contributed by atoms with Gasteiger partial charge in [-0.15, -0.1) is 0 Å². The molecule has 84 valence electrons. The monoisotopic (exact) mass is 235 g/mol. The van der Waals surface area contributed by atoms with Crippen molar-refractivity contribution in [2.75, 3.05) is 13.1 Å². The fourth-order valence-electron chi connectivity index (χ4n) is 1.99. The largest absolute Gasteiger partial charge is 0.331 e. The predicted molar refractivity (Wildman–Crippen MR) is 63.8 cm³/mol. The van der Waals surface area contributed by atoms with E-state index in [0.29, 0.717) is 5.16 Å². The van der Waals surface area contributed by atoms with Gasteiger partial charge in [0.2, 0.25) is 0 Å². The minimum absolute atomic E-state index is 0.195. The third kappa shape index (κ3) is 1.66. The molecular formula is C11H13N3OS. The van der Waals surface area contributed by atoms with Crippen LogP contribution in [0.15, 0.2) is 29.4 Å². The number of nitrogens with zero attached hydrogens (tertiary/aromatic N) is 1. The summed E-state index contributed by atoms with van der Waals surface area (Å²) in [7, 11) is -1.02. The van der Waals surface area contributed by atoms with Crippen LogP contribution >= 0.6 is 0 Å². The highest BCUT2D eigenvalue weighted by Gasteiger charge is 2.24. The van der Waals surface area contributed by atoms with Crippen molar-refractivity contribution in [3.05, 3.63) is 24.3 Å². The molecule has 0 radical (unpaired) electrons. The molecule has 0 bridgehead atoms. The molecule has 1 aromatic carbocycles. The third-order valence-electron chi connectivity index (χ3n) is 2.88. The van der Waals surface area contributed by atoms with Gasteiger partial charge in [-0.2, -0.15) is 0 Å². The Morgan fingerprint density at radius 1 is 1.38 bits per heavy atom. The number of rotatable bonds is 2. The topological polar surface area (TPSA) is 57.8 Å². The summed E-state index contributed by atoms with van der Waals surface area (Å²) in [4.78, 5) is 7.51. The summed E-state index contributed by atoms with van der Waals surface area (Å²) in [5.74, 6) is 0. The third-order valence-corrected chi connectivity index (χ3v) is 4.46. The lowest BCUT2D eigenvalue weighted by Gasteiger charge is -2.04. The Hall–Kier alpha value is -1.20. The van der Waals surface area contributed by atoms with E-state index in [-0.39, 0.29) is 5.25 Å². The molecule has 2 atom stereocenters. The van der Waals surface area contributed by atoms with E-state index in [1.54, 1.807) is 0 Å². The van der Waals surface area contributed by atoms with Crippen molar-refractivity contribution >= 4 is 21.8 Å². The molecule has 1 fully saturated rings. The van der Waals surface area contributed by atoms with Crippen molar-refractivity contribution < 1.29 is 4.21 Å². The first-order chi connectivity index (χ1) is 7.84. The van der Waals surface area contributed by atoms with E-state index in [2.05, 4.69) is 15.3 Å². The normalized spacial score (nSPS) is 22.6. The number of para-hydroxylation sites is 2. The number of H-pyrrole nitrogens is 1. The van der Waals surface area contributed by atoms with Crippen LogP contribution in [-0.2, 0) is 10.8 Å². The number of hydrogen-bond donors (Lipinski definition) is 2. The van der Waals surface area contributed by atoms with Gasteiger partial charge >= 0.3 is 0 Å². The van der Waals surface area contributed by atoms with Crippen molar-refractivity contribution in [1.82, 2.24) is 15.3 Å². The molecule has 0 amide bonds. The van der Waals surface area contributed by atoms with Gasteiger partial charge in [-0.3, -0.25) is 4.21 Å². The summed E-state index contributed by atoms with van der Waals surface area (Å²) in [5.41, 5.74) is 1.84. The second-order valence-electron chi connectivity index (χ2n) is 3.97. The van der Waals surface area contributed by atoms with E-state index in [4.69, 9.17) is 0 Å². The molecule has 4 nitrogen and oxygen atoms in total. The number of benzene rings is 1. The lowest BCUT2D eigenvalue weighted by Crippen LogP contribution is -2.19.